The summed E-state index contributed by atoms with van der Waals surface area (Å²) in [5, 5.41) is 3.64. The number of aryl methyl sites for hydroxylation is 3. The molecule has 26 heavy (non-hydrogen) atoms. The minimum absolute atomic E-state index is 0.197. The molecule has 1 atom stereocenters. The fourth-order valence-corrected chi connectivity index (χ4v) is 3.30. The lowest BCUT2D eigenvalue weighted by Crippen LogP contribution is -2.30. The smallest absolute Gasteiger partial charge is 0.265 e. The lowest BCUT2D eigenvalue weighted by atomic mass is 10.1. The second kappa shape index (κ2) is 9.43. The molecule has 1 N–H and O–H groups in total. The summed E-state index contributed by atoms with van der Waals surface area (Å²) >= 11 is 9.72. The van der Waals surface area contributed by atoms with E-state index in [1.54, 1.807) is 6.92 Å². The molecule has 0 bridgehead atoms. The van der Waals surface area contributed by atoms with E-state index in [2.05, 4.69) is 34.2 Å². The number of amides is 1. The number of rotatable bonds is 7. The molecule has 0 radical (unpaired) electrons. The number of carbonyl (C=O) groups excluding carboxylic acids is 1. The second-order valence-electron chi connectivity index (χ2n) is 6.54. The van der Waals surface area contributed by atoms with Crippen LogP contribution in [-0.4, -0.2) is 12.0 Å². The molecule has 0 saturated heterocycles. The zero-order valence-electron chi connectivity index (χ0n) is 15.7. The van der Waals surface area contributed by atoms with Crippen LogP contribution in [0.5, 0.6) is 5.75 Å². The summed E-state index contributed by atoms with van der Waals surface area (Å²) in [6.07, 6.45) is 2.73. The molecule has 2 aromatic carbocycles. The Morgan fingerprint density at radius 3 is 2.46 bits per heavy atom. The third-order valence-corrected chi connectivity index (χ3v) is 5.45. The van der Waals surface area contributed by atoms with Gasteiger partial charge in [-0.3, -0.25) is 4.79 Å². The molecular weight excluding hydrogens is 414 g/mol. The van der Waals surface area contributed by atoms with Crippen LogP contribution in [0.3, 0.4) is 0 Å². The fraction of sp³-hybridized carbons (Fsp3) is 0.381. The van der Waals surface area contributed by atoms with Crippen molar-refractivity contribution in [3.05, 3.63) is 56.5 Å². The van der Waals surface area contributed by atoms with Gasteiger partial charge in [-0.15, -0.1) is 0 Å². The number of anilines is 1. The number of hydrogen-bond donors (Lipinski definition) is 1. The van der Waals surface area contributed by atoms with E-state index in [0.717, 1.165) is 45.6 Å². The normalized spacial score (nSPS) is 11.9. The van der Waals surface area contributed by atoms with Crippen molar-refractivity contribution in [1.82, 2.24) is 0 Å². The predicted molar refractivity (Wildman–Crippen MR) is 112 cm³/mol. The summed E-state index contributed by atoms with van der Waals surface area (Å²) in [6.45, 7) is 7.75. The molecule has 0 heterocycles. The van der Waals surface area contributed by atoms with Gasteiger partial charge in [0.1, 0.15) is 5.75 Å². The molecule has 2 rings (SSSR count). The molecule has 0 aliphatic heterocycles. The average molecular weight is 439 g/mol. The molecule has 2 aromatic rings. The predicted octanol–water partition coefficient (Wildman–Crippen LogP) is 6.47. The number of unbranched alkanes of at least 4 members (excludes halogenated alkanes) is 1. The van der Waals surface area contributed by atoms with Crippen molar-refractivity contribution < 1.29 is 9.53 Å². The van der Waals surface area contributed by atoms with Crippen LogP contribution in [0.25, 0.3) is 0 Å². The highest BCUT2D eigenvalue weighted by Gasteiger charge is 2.17. The minimum Gasteiger partial charge on any atom is -0.481 e. The van der Waals surface area contributed by atoms with Gasteiger partial charge < -0.3 is 10.1 Å². The molecular formula is C21H25BrClNO2. The number of hydrogen-bond acceptors (Lipinski definition) is 2. The zero-order chi connectivity index (χ0) is 19.3. The van der Waals surface area contributed by atoms with Crippen molar-refractivity contribution in [3.8, 4) is 5.75 Å². The van der Waals surface area contributed by atoms with E-state index in [-0.39, 0.29) is 5.91 Å². The molecule has 0 aliphatic carbocycles. The summed E-state index contributed by atoms with van der Waals surface area (Å²) in [5.41, 5.74) is 3.86. The summed E-state index contributed by atoms with van der Waals surface area (Å²) < 4.78 is 6.68. The fourth-order valence-electron chi connectivity index (χ4n) is 2.66. The summed E-state index contributed by atoms with van der Waals surface area (Å²) in [5.74, 6) is 0.443. The van der Waals surface area contributed by atoms with Crippen LogP contribution in [0.1, 0.15) is 43.4 Å². The Kier molecular flexibility index (Phi) is 7.54. The van der Waals surface area contributed by atoms with E-state index >= 15 is 0 Å². The van der Waals surface area contributed by atoms with E-state index in [9.17, 15) is 4.79 Å². The van der Waals surface area contributed by atoms with Gasteiger partial charge in [-0.2, -0.15) is 0 Å². The molecule has 5 heteroatoms. The zero-order valence-corrected chi connectivity index (χ0v) is 18.0. The van der Waals surface area contributed by atoms with E-state index in [1.807, 2.05) is 38.1 Å². The van der Waals surface area contributed by atoms with Crippen molar-refractivity contribution >= 4 is 39.1 Å². The highest BCUT2D eigenvalue weighted by Crippen LogP contribution is 2.27. The van der Waals surface area contributed by atoms with Gasteiger partial charge in [-0.1, -0.05) is 31.0 Å². The van der Waals surface area contributed by atoms with Gasteiger partial charge in [0.2, 0.25) is 0 Å². The van der Waals surface area contributed by atoms with Gasteiger partial charge >= 0.3 is 0 Å². The van der Waals surface area contributed by atoms with Gasteiger partial charge in [0, 0.05) is 9.50 Å². The molecule has 1 unspecified atom stereocenters. The Morgan fingerprint density at radius 2 is 1.88 bits per heavy atom. The first-order chi connectivity index (χ1) is 12.3. The van der Waals surface area contributed by atoms with Gasteiger partial charge in [0.15, 0.2) is 6.10 Å². The first kappa shape index (κ1) is 20.8. The molecule has 0 aliphatic rings. The third-order valence-electron chi connectivity index (χ3n) is 4.20. The topological polar surface area (TPSA) is 38.3 Å². The molecule has 3 nitrogen and oxygen atoms in total. The van der Waals surface area contributed by atoms with Crippen molar-refractivity contribution in [1.29, 1.82) is 0 Å². The summed E-state index contributed by atoms with van der Waals surface area (Å²) in [4.78, 5) is 12.5. The summed E-state index contributed by atoms with van der Waals surface area (Å²) in [6, 6.07) is 9.72. The first-order valence-corrected chi connectivity index (χ1v) is 10.0. The highest BCUT2D eigenvalue weighted by molar-refractivity contribution is 9.10. The summed E-state index contributed by atoms with van der Waals surface area (Å²) in [7, 11) is 0. The number of ether oxygens (including phenoxy) is 1. The first-order valence-electron chi connectivity index (χ1n) is 8.84. The lowest BCUT2D eigenvalue weighted by molar-refractivity contribution is -0.122. The maximum absolute atomic E-state index is 12.5. The van der Waals surface area contributed by atoms with Crippen LogP contribution in [0.4, 0.5) is 5.69 Å². The van der Waals surface area contributed by atoms with Crippen LogP contribution in [0.15, 0.2) is 34.8 Å². The molecule has 0 spiro atoms. The van der Waals surface area contributed by atoms with Crippen molar-refractivity contribution in [2.75, 3.05) is 5.32 Å². The largest absolute Gasteiger partial charge is 0.481 e. The van der Waals surface area contributed by atoms with Crippen LogP contribution < -0.4 is 10.1 Å². The Morgan fingerprint density at radius 1 is 1.23 bits per heavy atom. The highest BCUT2D eigenvalue weighted by atomic mass is 79.9. The Hall–Kier alpha value is -1.52. The van der Waals surface area contributed by atoms with Crippen LogP contribution in [0.2, 0.25) is 5.02 Å². The minimum atomic E-state index is -0.623. The Bertz CT molecular complexity index is 769. The van der Waals surface area contributed by atoms with Crippen LogP contribution >= 0.6 is 27.5 Å². The van der Waals surface area contributed by atoms with Gasteiger partial charge in [0.25, 0.3) is 5.91 Å². The monoisotopic (exact) mass is 437 g/mol. The molecule has 1 amide bonds. The quantitative estimate of drug-likeness (QED) is 0.538. The number of halogens is 2. The number of benzene rings is 2. The van der Waals surface area contributed by atoms with Crippen molar-refractivity contribution in [2.24, 2.45) is 0 Å². The Balaban J connectivity index is 2.03. The molecule has 0 aromatic heterocycles. The standard InChI is InChI=1S/C21H25BrClNO2/c1-5-6-7-16-8-9-19(18(22)12-16)24-21(25)15(4)26-17-10-13(2)20(23)14(3)11-17/h8-12,15H,5-7H2,1-4H3,(H,24,25). The van der Waals surface area contributed by atoms with E-state index in [1.165, 1.54) is 5.56 Å². The molecule has 0 fully saturated rings. The second-order valence-corrected chi connectivity index (χ2v) is 7.77. The lowest BCUT2D eigenvalue weighted by Gasteiger charge is -2.17. The van der Waals surface area contributed by atoms with Crippen LogP contribution in [0, 0.1) is 13.8 Å². The third kappa shape index (κ3) is 5.49. The SMILES string of the molecule is CCCCc1ccc(NC(=O)C(C)Oc2cc(C)c(Cl)c(C)c2)c(Br)c1. The number of nitrogens with one attached hydrogen (secondary N) is 1. The van der Waals surface area contributed by atoms with Crippen molar-refractivity contribution in [3.63, 3.8) is 0 Å². The van der Waals surface area contributed by atoms with E-state index < -0.39 is 6.10 Å². The van der Waals surface area contributed by atoms with Crippen LogP contribution in [-0.2, 0) is 11.2 Å². The maximum Gasteiger partial charge on any atom is 0.265 e. The van der Waals surface area contributed by atoms with Gasteiger partial charge in [-0.05, 0) is 90.5 Å². The molecule has 140 valence electrons. The number of carbonyl (C=O) groups is 1. The maximum atomic E-state index is 12.5. The van der Waals surface area contributed by atoms with E-state index in [4.69, 9.17) is 16.3 Å². The van der Waals surface area contributed by atoms with E-state index in [0.29, 0.717) is 5.75 Å². The van der Waals surface area contributed by atoms with Crippen molar-refractivity contribution in [2.45, 2.75) is 53.1 Å². The average Bonchev–Trinajstić information content (AvgIpc) is 2.59. The molecule has 0 saturated carbocycles. The van der Waals surface area contributed by atoms with Gasteiger partial charge in [-0.25, -0.2) is 0 Å². The Labute approximate surface area is 169 Å². The van der Waals surface area contributed by atoms with Gasteiger partial charge in [0.05, 0.1) is 5.69 Å².